The molecule has 0 radical (unpaired) electrons. The fraction of sp³-hybridized carbons (Fsp3) is 1.00. The average molecular weight is 213 g/mol. The maximum Gasteiger partial charge on any atom is 0.0750 e. The van der Waals surface area contributed by atoms with Gasteiger partial charge < -0.3 is 4.74 Å². The third-order valence-electron chi connectivity index (χ3n) is 3.41. The molecule has 2 nitrogen and oxygen atoms in total. The maximum atomic E-state index is 6.01. The molecule has 0 aromatic rings. The number of likely N-dealkylation sites (N-methyl/N-ethyl adjacent to an activating group) is 1. The molecule has 1 fully saturated rings. The van der Waals surface area contributed by atoms with Crippen molar-refractivity contribution in [2.45, 2.75) is 53.7 Å². The second-order valence-corrected chi connectivity index (χ2v) is 7.01. The highest BCUT2D eigenvalue weighted by atomic mass is 16.5. The van der Waals surface area contributed by atoms with Crippen LogP contribution >= 0.6 is 0 Å². The summed E-state index contributed by atoms with van der Waals surface area (Å²) in [6.07, 6.45) is 0.362. The van der Waals surface area contributed by atoms with Gasteiger partial charge in [-0.3, -0.25) is 4.90 Å². The first-order valence-corrected chi connectivity index (χ1v) is 5.94. The Hall–Kier alpha value is -0.0800. The van der Waals surface area contributed by atoms with Crippen LogP contribution in [0.25, 0.3) is 0 Å². The van der Waals surface area contributed by atoms with E-state index in [0.29, 0.717) is 17.6 Å². The van der Waals surface area contributed by atoms with E-state index in [-0.39, 0.29) is 5.41 Å². The Morgan fingerprint density at radius 1 is 1.00 bits per heavy atom. The summed E-state index contributed by atoms with van der Waals surface area (Å²) in [6.45, 7) is 15.5. The molecule has 0 aromatic heterocycles. The summed E-state index contributed by atoms with van der Waals surface area (Å²) in [5, 5.41) is 0. The summed E-state index contributed by atoms with van der Waals surface area (Å²) >= 11 is 0. The van der Waals surface area contributed by atoms with E-state index in [0.717, 1.165) is 13.2 Å². The van der Waals surface area contributed by atoms with Crippen LogP contribution in [-0.2, 0) is 4.74 Å². The van der Waals surface area contributed by atoms with Crippen molar-refractivity contribution in [3.05, 3.63) is 0 Å². The smallest absolute Gasteiger partial charge is 0.0750 e. The van der Waals surface area contributed by atoms with E-state index < -0.39 is 0 Å². The van der Waals surface area contributed by atoms with Gasteiger partial charge in [0.1, 0.15) is 0 Å². The minimum atomic E-state index is 0.247. The van der Waals surface area contributed by atoms with Gasteiger partial charge in [0.05, 0.1) is 12.7 Å². The van der Waals surface area contributed by atoms with Gasteiger partial charge in [-0.05, 0) is 17.9 Å². The topological polar surface area (TPSA) is 12.5 Å². The Balaban J connectivity index is 2.64. The molecule has 0 aliphatic carbocycles. The van der Waals surface area contributed by atoms with E-state index >= 15 is 0 Å². The van der Waals surface area contributed by atoms with Crippen molar-refractivity contribution < 1.29 is 4.74 Å². The first kappa shape index (κ1) is 13.0. The van der Waals surface area contributed by atoms with Crippen LogP contribution < -0.4 is 0 Å². The monoisotopic (exact) mass is 213 g/mol. The summed E-state index contributed by atoms with van der Waals surface area (Å²) in [5.74, 6) is 0. The van der Waals surface area contributed by atoms with Gasteiger partial charge in [-0.15, -0.1) is 0 Å². The van der Waals surface area contributed by atoms with Crippen LogP contribution in [0.5, 0.6) is 0 Å². The van der Waals surface area contributed by atoms with E-state index in [4.69, 9.17) is 4.74 Å². The van der Waals surface area contributed by atoms with Crippen molar-refractivity contribution in [3.8, 4) is 0 Å². The van der Waals surface area contributed by atoms with Gasteiger partial charge in [0, 0.05) is 12.6 Å². The maximum absolute atomic E-state index is 6.01. The molecule has 2 heteroatoms. The Bertz CT molecular complexity index is 212. The van der Waals surface area contributed by atoms with Crippen LogP contribution in [0.4, 0.5) is 0 Å². The summed E-state index contributed by atoms with van der Waals surface area (Å²) in [4.78, 5) is 2.46. The summed E-state index contributed by atoms with van der Waals surface area (Å²) in [6, 6.07) is 0.538. The fourth-order valence-electron chi connectivity index (χ4n) is 2.21. The third kappa shape index (κ3) is 3.18. The van der Waals surface area contributed by atoms with Crippen molar-refractivity contribution in [3.63, 3.8) is 0 Å². The van der Waals surface area contributed by atoms with Crippen molar-refractivity contribution in [2.75, 3.05) is 20.2 Å². The molecule has 0 bridgehead atoms. The quantitative estimate of drug-likeness (QED) is 0.613. The second-order valence-electron chi connectivity index (χ2n) is 7.01. The van der Waals surface area contributed by atoms with Crippen LogP contribution in [0.1, 0.15) is 41.5 Å². The highest BCUT2D eigenvalue weighted by Gasteiger charge is 2.38. The molecule has 0 N–H and O–H groups in total. The summed E-state index contributed by atoms with van der Waals surface area (Å²) < 4.78 is 6.01. The van der Waals surface area contributed by atoms with Gasteiger partial charge in [-0.2, -0.15) is 0 Å². The molecule has 1 saturated heterocycles. The molecule has 0 saturated carbocycles. The minimum absolute atomic E-state index is 0.247. The van der Waals surface area contributed by atoms with Gasteiger partial charge in [-0.1, -0.05) is 41.5 Å². The molecule has 1 rings (SSSR count). The van der Waals surface area contributed by atoms with Crippen molar-refractivity contribution in [1.29, 1.82) is 0 Å². The molecule has 1 heterocycles. The van der Waals surface area contributed by atoms with E-state index in [9.17, 15) is 0 Å². The molecular formula is C13H27NO. The Morgan fingerprint density at radius 2 is 1.53 bits per heavy atom. The normalized spacial score (nSPS) is 30.6. The molecule has 0 amide bonds. The number of hydrogen-bond acceptors (Lipinski definition) is 2. The van der Waals surface area contributed by atoms with Crippen LogP contribution in [0, 0.1) is 10.8 Å². The van der Waals surface area contributed by atoms with Gasteiger partial charge in [-0.25, -0.2) is 0 Å². The number of hydrogen-bond donors (Lipinski definition) is 0. The SMILES string of the molecule is CN1CC(C(C)(C)C)OCC1C(C)(C)C. The average Bonchev–Trinajstić information content (AvgIpc) is 1.99. The van der Waals surface area contributed by atoms with Crippen LogP contribution in [0.2, 0.25) is 0 Å². The molecule has 1 aliphatic rings. The molecule has 90 valence electrons. The predicted molar refractivity (Wildman–Crippen MR) is 65.1 cm³/mol. The third-order valence-corrected chi connectivity index (χ3v) is 3.41. The van der Waals surface area contributed by atoms with E-state index in [1.165, 1.54) is 0 Å². The van der Waals surface area contributed by atoms with Gasteiger partial charge in [0.15, 0.2) is 0 Å². The first-order valence-electron chi connectivity index (χ1n) is 5.94. The molecule has 2 atom stereocenters. The van der Waals surface area contributed by atoms with Crippen molar-refractivity contribution >= 4 is 0 Å². The van der Waals surface area contributed by atoms with Gasteiger partial charge in [0.2, 0.25) is 0 Å². The summed E-state index contributed by atoms with van der Waals surface area (Å²) in [7, 11) is 2.22. The second kappa shape index (κ2) is 4.06. The van der Waals surface area contributed by atoms with E-state index in [2.05, 4.69) is 53.5 Å². The zero-order chi connectivity index (χ0) is 11.9. The molecule has 1 aliphatic heterocycles. The first-order chi connectivity index (χ1) is 6.62. The minimum Gasteiger partial charge on any atom is -0.375 e. The molecule has 2 unspecified atom stereocenters. The fourth-order valence-corrected chi connectivity index (χ4v) is 2.21. The molecule has 0 aromatic carbocycles. The highest BCUT2D eigenvalue weighted by Crippen LogP contribution is 2.32. The lowest BCUT2D eigenvalue weighted by molar-refractivity contribution is -0.120. The van der Waals surface area contributed by atoms with Gasteiger partial charge >= 0.3 is 0 Å². The molecule has 0 spiro atoms. The zero-order valence-electron chi connectivity index (χ0n) is 11.4. The Morgan fingerprint density at radius 3 is 1.87 bits per heavy atom. The number of ether oxygens (including phenoxy) is 1. The Kier molecular flexibility index (Phi) is 3.52. The Labute approximate surface area is 95.0 Å². The number of morpholine rings is 1. The van der Waals surface area contributed by atoms with Crippen LogP contribution in [0.15, 0.2) is 0 Å². The predicted octanol–water partition coefficient (Wildman–Crippen LogP) is 2.78. The highest BCUT2D eigenvalue weighted by molar-refractivity contribution is 4.89. The lowest BCUT2D eigenvalue weighted by Crippen LogP contribution is -2.55. The zero-order valence-corrected chi connectivity index (χ0v) is 11.4. The summed E-state index contributed by atoms with van der Waals surface area (Å²) in [5.41, 5.74) is 0.550. The van der Waals surface area contributed by atoms with Crippen molar-refractivity contribution in [2.24, 2.45) is 10.8 Å². The van der Waals surface area contributed by atoms with Crippen LogP contribution in [-0.4, -0.2) is 37.2 Å². The molecular weight excluding hydrogens is 186 g/mol. The van der Waals surface area contributed by atoms with Gasteiger partial charge in [0.25, 0.3) is 0 Å². The van der Waals surface area contributed by atoms with E-state index in [1.807, 2.05) is 0 Å². The van der Waals surface area contributed by atoms with Crippen molar-refractivity contribution in [1.82, 2.24) is 4.90 Å². The molecule has 15 heavy (non-hydrogen) atoms. The lowest BCUT2D eigenvalue weighted by Gasteiger charge is -2.47. The van der Waals surface area contributed by atoms with E-state index in [1.54, 1.807) is 0 Å². The standard InChI is InChI=1S/C13H27NO/c1-12(2,3)10-9-15-11(8-14(10)7)13(4,5)6/h10-11H,8-9H2,1-7H3. The van der Waals surface area contributed by atoms with Crippen LogP contribution in [0.3, 0.4) is 0 Å². The number of rotatable bonds is 0. The lowest BCUT2D eigenvalue weighted by atomic mass is 9.82. The number of nitrogens with zero attached hydrogens (tertiary/aromatic N) is 1. The largest absolute Gasteiger partial charge is 0.375 e.